The molecule has 1 aromatic carbocycles. The number of aldehydes is 1. The zero-order chi connectivity index (χ0) is 17.7. The lowest BCUT2D eigenvalue weighted by Crippen LogP contribution is -2.44. The Morgan fingerprint density at radius 1 is 1.38 bits per heavy atom. The standard InChI is InChI=1S/C16H22BNO6/c1-11-5-3-4-6-18(11)16(20)10-24-15-7-12(9-19)13(17(21)22)8-14(15)23-2/h7-9,11,21-22H,3-6,10H2,1-2H3. The van der Waals surface area contributed by atoms with Crippen LogP contribution in [0.25, 0.3) is 0 Å². The molecular weight excluding hydrogens is 313 g/mol. The molecule has 1 fully saturated rings. The Hall–Kier alpha value is -2.06. The second kappa shape index (κ2) is 8.16. The van der Waals surface area contributed by atoms with Crippen LogP contribution in [0.3, 0.4) is 0 Å². The molecule has 2 N–H and O–H groups in total. The summed E-state index contributed by atoms with van der Waals surface area (Å²) in [6.45, 7) is 2.56. The number of hydrogen-bond donors (Lipinski definition) is 2. The molecule has 0 radical (unpaired) electrons. The highest BCUT2D eigenvalue weighted by molar-refractivity contribution is 6.60. The van der Waals surface area contributed by atoms with E-state index in [2.05, 4.69) is 0 Å². The van der Waals surface area contributed by atoms with Crippen LogP contribution < -0.4 is 14.9 Å². The highest BCUT2D eigenvalue weighted by Crippen LogP contribution is 2.27. The van der Waals surface area contributed by atoms with Crippen LogP contribution in [0.2, 0.25) is 0 Å². The zero-order valence-electron chi connectivity index (χ0n) is 13.9. The van der Waals surface area contributed by atoms with Gasteiger partial charge in [-0.15, -0.1) is 0 Å². The summed E-state index contributed by atoms with van der Waals surface area (Å²) in [5.41, 5.74) is 0.0877. The van der Waals surface area contributed by atoms with Crippen molar-refractivity contribution >= 4 is 24.8 Å². The van der Waals surface area contributed by atoms with E-state index in [1.165, 1.54) is 19.2 Å². The number of piperidine rings is 1. The van der Waals surface area contributed by atoms with Crippen molar-refractivity contribution in [3.05, 3.63) is 17.7 Å². The molecule has 1 atom stereocenters. The van der Waals surface area contributed by atoms with Gasteiger partial charge in [0.05, 0.1) is 7.11 Å². The third-order valence-corrected chi connectivity index (χ3v) is 4.25. The van der Waals surface area contributed by atoms with Crippen molar-refractivity contribution in [3.63, 3.8) is 0 Å². The van der Waals surface area contributed by atoms with Crippen molar-refractivity contribution < 1.29 is 29.1 Å². The van der Waals surface area contributed by atoms with Crippen LogP contribution in [-0.2, 0) is 4.79 Å². The van der Waals surface area contributed by atoms with Crippen LogP contribution in [-0.4, -0.2) is 60.6 Å². The van der Waals surface area contributed by atoms with Gasteiger partial charge in [-0.1, -0.05) is 0 Å². The van der Waals surface area contributed by atoms with Gasteiger partial charge in [-0.3, -0.25) is 9.59 Å². The second-order valence-corrected chi connectivity index (χ2v) is 5.84. The largest absolute Gasteiger partial charge is 0.493 e. The molecule has 0 bridgehead atoms. The fraction of sp³-hybridized carbons (Fsp3) is 0.500. The molecule has 1 aliphatic rings. The summed E-state index contributed by atoms with van der Waals surface area (Å²) in [6.07, 6.45) is 3.58. The predicted octanol–water partition coefficient (Wildman–Crippen LogP) is -0.0327. The third-order valence-electron chi connectivity index (χ3n) is 4.25. The van der Waals surface area contributed by atoms with Gasteiger partial charge in [-0.2, -0.15) is 0 Å². The first-order valence-electron chi connectivity index (χ1n) is 7.93. The minimum Gasteiger partial charge on any atom is -0.493 e. The van der Waals surface area contributed by atoms with Crippen molar-refractivity contribution in [1.29, 1.82) is 0 Å². The number of methoxy groups -OCH3 is 1. The minimum atomic E-state index is -1.80. The first-order valence-corrected chi connectivity index (χ1v) is 7.93. The van der Waals surface area contributed by atoms with Gasteiger partial charge in [0.25, 0.3) is 5.91 Å². The number of carbonyl (C=O) groups is 2. The van der Waals surface area contributed by atoms with Crippen LogP contribution in [0, 0.1) is 0 Å². The molecule has 0 aromatic heterocycles. The molecule has 1 aliphatic heterocycles. The molecule has 7 nitrogen and oxygen atoms in total. The first-order chi connectivity index (χ1) is 11.5. The molecule has 1 aromatic rings. The van der Waals surface area contributed by atoms with Gasteiger partial charge in [-0.05, 0) is 43.8 Å². The molecule has 8 heteroatoms. The SMILES string of the molecule is COc1cc(B(O)O)c(C=O)cc1OCC(=O)N1CCCCC1C. The van der Waals surface area contributed by atoms with Gasteiger partial charge in [0.1, 0.15) is 6.29 Å². The number of hydrogen-bond acceptors (Lipinski definition) is 6. The maximum atomic E-state index is 12.3. The van der Waals surface area contributed by atoms with Crippen molar-refractivity contribution in [1.82, 2.24) is 4.90 Å². The highest BCUT2D eigenvalue weighted by atomic mass is 16.5. The Kier molecular flexibility index (Phi) is 6.22. The number of rotatable bonds is 6. The Balaban J connectivity index is 2.13. The van der Waals surface area contributed by atoms with Crippen molar-refractivity contribution in [2.24, 2.45) is 0 Å². The lowest BCUT2D eigenvalue weighted by molar-refractivity contribution is -0.136. The molecule has 1 unspecified atom stereocenters. The quantitative estimate of drug-likeness (QED) is 0.560. The summed E-state index contributed by atoms with van der Waals surface area (Å²) in [6, 6.07) is 2.85. The smallest absolute Gasteiger partial charge is 0.489 e. The van der Waals surface area contributed by atoms with Gasteiger partial charge in [0, 0.05) is 18.2 Å². The normalized spacial score (nSPS) is 17.3. The summed E-state index contributed by atoms with van der Waals surface area (Å²) in [4.78, 5) is 25.2. The zero-order valence-corrected chi connectivity index (χ0v) is 13.9. The number of carbonyl (C=O) groups excluding carboxylic acids is 2. The molecule has 1 saturated heterocycles. The van der Waals surface area contributed by atoms with E-state index in [0.717, 1.165) is 25.8 Å². The summed E-state index contributed by atoms with van der Waals surface area (Å²) in [7, 11) is -0.408. The van der Waals surface area contributed by atoms with E-state index in [9.17, 15) is 19.6 Å². The molecule has 0 saturated carbocycles. The number of likely N-dealkylation sites (tertiary alicyclic amines) is 1. The van der Waals surface area contributed by atoms with E-state index < -0.39 is 7.12 Å². The van der Waals surface area contributed by atoms with Crippen LogP contribution in [0.5, 0.6) is 11.5 Å². The highest BCUT2D eigenvalue weighted by Gasteiger charge is 2.24. The van der Waals surface area contributed by atoms with Crippen LogP contribution in [0.15, 0.2) is 12.1 Å². The van der Waals surface area contributed by atoms with Crippen LogP contribution in [0.4, 0.5) is 0 Å². The molecule has 130 valence electrons. The number of nitrogens with zero attached hydrogens (tertiary/aromatic N) is 1. The van der Waals surface area contributed by atoms with Gasteiger partial charge in [-0.25, -0.2) is 0 Å². The summed E-state index contributed by atoms with van der Waals surface area (Å²) in [5, 5.41) is 18.6. The maximum Gasteiger partial charge on any atom is 0.489 e. The fourth-order valence-corrected chi connectivity index (χ4v) is 2.88. The van der Waals surface area contributed by atoms with E-state index in [1.807, 2.05) is 6.92 Å². The average Bonchev–Trinajstić information content (AvgIpc) is 2.59. The van der Waals surface area contributed by atoms with E-state index in [4.69, 9.17) is 9.47 Å². The Labute approximate surface area is 141 Å². The topological polar surface area (TPSA) is 96.3 Å². The van der Waals surface area contributed by atoms with Gasteiger partial charge < -0.3 is 24.4 Å². The van der Waals surface area contributed by atoms with Gasteiger partial charge >= 0.3 is 7.12 Å². The van der Waals surface area contributed by atoms with Crippen molar-refractivity contribution in [3.8, 4) is 11.5 Å². The second-order valence-electron chi connectivity index (χ2n) is 5.84. The Morgan fingerprint density at radius 2 is 2.12 bits per heavy atom. The van der Waals surface area contributed by atoms with Crippen LogP contribution in [0.1, 0.15) is 36.5 Å². The van der Waals surface area contributed by atoms with Crippen LogP contribution >= 0.6 is 0 Å². The van der Waals surface area contributed by atoms with Gasteiger partial charge in [0.2, 0.25) is 0 Å². The molecule has 1 amide bonds. The van der Waals surface area contributed by atoms with Crippen molar-refractivity contribution in [2.45, 2.75) is 32.2 Å². The lowest BCUT2D eigenvalue weighted by Gasteiger charge is -2.33. The summed E-state index contributed by atoms with van der Waals surface area (Å²) < 4.78 is 10.7. The van der Waals surface area contributed by atoms with E-state index in [0.29, 0.717) is 6.29 Å². The average molecular weight is 335 g/mol. The van der Waals surface area contributed by atoms with Gasteiger partial charge in [0.15, 0.2) is 18.1 Å². The maximum absolute atomic E-state index is 12.3. The lowest BCUT2D eigenvalue weighted by atomic mass is 9.77. The molecule has 2 rings (SSSR count). The monoisotopic (exact) mass is 335 g/mol. The minimum absolute atomic E-state index is 0.0187. The number of benzene rings is 1. The molecule has 1 heterocycles. The molecule has 24 heavy (non-hydrogen) atoms. The summed E-state index contributed by atoms with van der Waals surface area (Å²) >= 11 is 0. The Morgan fingerprint density at radius 3 is 2.71 bits per heavy atom. The molecule has 0 spiro atoms. The predicted molar refractivity (Wildman–Crippen MR) is 88.7 cm³/mol. The first kappa shape index (κ1) is 18.3. The number of amides is 1. The number of ether oxygens (including phenoxy) is 2. The van der Waals surface area contributed by atoms with E-state index in [1.54, 1.807) is 4.90 Å². The van der Waals surface area contributed by atoms with Crippen molar-refractivity contribution in [2.75, 3.05) is 20.3 Å². The third kappa shape index (κ3) is 4.07. The molecular formula is C16H22BNO6. The van der Waals surface area contributed by atoms with E-state index >= 15 is 0 Å². The summed E-state index contributed by atoms with van der Waals surface area (Å²) in [5.74, 6) is 0.313. The molecule has 0 aliphatic carbocycles. The fourth-order valence-electron chi connectivity index (χ4n) is 2.88. The van der Waals surface area contributed by atoms with E-state index in [-0.39, 0.29) is 41.1 Å². The Bertz CT molecular complexity index is 606.